The van der Waals surface area contributed by atoms with E-state index in [4.69, 9.17) is 9.47 Å². The molecule has 11 nitrogen and oxygen atoms in total. The molecule has 206 valence electrons. The molecule has 1 heterocycles. The topological polar surface area (TPSA) is 154 Å². The SMILES string of the molecule is CCOC(=O)C1=C(CSCC(=O)CCCCNC(C)=O)N=C(C)C(C(=O)OC)C1c1cccc([N+](=O)[O-])c1. The van der Waals surface area contributed by atoms with E-state index < -0.39 is 28.7 Å². The molecule has 1 aliphatic heterocycles. The molecule has 1 aromatic carbocycles. The van der Waals surface area contributed by atoms with Gasteiger partial charge in [0.1, 0.15) is 11.7 Å². The molecule has 0 fully saturated rings. The first kappa shape index (κ1) is 30.7. The van der Waals surface area contributed by atoms with Gasteiger partial charge in [-0.1, -0.05) is 12.1 Å². The Morgan fingerprint density at radius 2 is 1.95 bits per heavy atom. The summed E-state index contributed by atoms with van der Waals surface area (Å²) in [7, 11) is 1.22. The number of unbranched alkanes of at least 4 members (excludes halogenated alkanes) is 1. The molecule has 0 aromatic heterocycles. The molecule has 0 aliphatic carbocycles. The van der Waals surface area contributed by atoms with Crippen molar-refractivity contribution < 1.29 is 33.6 Å². The summed E-state index contributed by atoms with van der Waals surface area (Å²) in [6, 6.07) is 5.76. The standard InChI is InChI=1S/C26H33N3O8S/c1-5-37-26(33)24-21(15-38-14-20(31)11-6-7-12-27-17(3)30)28-16(2)22(25(32)36-4)23(24)18-9-8-10-19(13-18)29(34)35/h8-10,13,22-23H,5-7,11-12,14-15H2,1-4H3,(H,27,30). The summed E-state index contributed by atoms with van der Waals surface area (Å²) in [6.07, 6.45) is 1.69. The normalized spacial score (nSPS) is 16.9. The van der Waals surface area contributed by atoms with Gasteiger partial charge >= 0.3 is 11.9 Å². The van der Waals surface area contributed by atoms with Crippen molar-refractivity contribution in [2.45, 2.75) is 46.0 Å². The van der Waals surface area contributed by atoms with Crippen LogP contribution < -0.4 is 5.32 Å². The largest absolute Gasteiger partial charge is 0.468 e. The van der Waals surface area contributed by atoms with Crippen molar-refractivity contribution in [3.63, 3.8) is 0 Å². The molecule has 0 radical (unpaired) electrons. The molecule has 12 heteroatoms. The van der Waals surface area contributed by atoms with E-state index in [0.717, 1.165) is 0 Å². The second kappa shape index (κ2) is 15.0. The first-order valence-electron chi connectivity index (χ1n) is 12.2. The van der Waals surface area contributed by atoms with Crippen LogP contribution in [0, 0.1) is 16.0 Å². The molecule has 0 saturated heterocycles. The lowest BCUT2D eigenvalue weighted by atomic mass is 9.75. The highest BCUT2D eigenvalue weighted by atomic mass is 32.2. The number of thioether (sulfide) groups is 1. The van der Waals surface area contributed by atoms with E-state index in [9.17, 15) is 29.3 Å². The molecule has 2 rings (SSSR count). The third-order valence-corrected chi connectivity index (χ3v) is 6.87. The number of carbonyl (C=O) groups excluding carboxylic acids is 4. The van der Waals surface area contributed by atoms with Crippen LogP contribution in [-0.2, 0) is 28.7 Å². The number of amides is 1. The Balaban J connectivity index is 2.34. The van der Waals surface area contributed by atoms with Gasteiger partial charge in [0, 0.05) is 49.4 Å². The summed E-state index contributed by atoms with van der Waals surface area (Å²) in [5.74, 6) is -2.92. The molecule has 2 atom stereocenters. The Morgan fingerprint density at radius 1 is 1.21 bits per heavy atom. The van der Waals surface area contributed by atoms with Crippen LogP contribution in [0.5, 0.6) is 0 Å². The van der Waals surface area contributed by atoms with Gasteiger partial charge in [0.2, 0.25) is 5.91 Å². The van der Waals surface area contributed by atoms with Gasteiger partial charge in [-0.25, -0.2) is 4.79 Å². The third kappa shape index (κ3) is 8.51. The van der Waals surface area contributed by atoms with Gasteiger partial charge in [-0.2, -0.15) is 0 Å². The molecule has 2 unspecified atom stereocenters. The third-order valence-electron chi connectivity index (χ3n) is 5.87. The Labute approximate surface area is 225 Å². The number of nitrogens with zero attached hydrogens (tertiary/aromatic N) is 2. The van der Waals surface area contributed by atoms with Crippen LogP contribution in [0.25, 0.3) is 0 Å². The Kier molecular flexibility index (Phi) is 12.1. The van der Waals surface area contributed by atoms with Gasteiger partial charge in [0.25, 0.3) is 5.69 Å². The Bertz CT molecular complexity index is 1130. The van der Waals surface area contributed by atoms with Gasteiger partial charge in [0.05, 0.1) is 35.7 Å². The number of hydrogen-bond acceptors (Lipinski definition) is 10. The molecular formula is C26H33N3O8S. The number of benzene rings is 1. The van der Waals surface area contributed by atoms with Crippen molar-refractivity contribution in [1.29, 1.82) is 0 Å². The number of nitro groups is 1. The van der Waals surface area contributed by atoms with Crippen LogP contribution in [-0.4, -0.2) is 66.0 Å². The van der Waals surface area contributed by atoms with Gasteiger partial charge in [0.15, 0.2) is 0 Å². The highest BCUT2D eigenvalue weighted by Gasteiger charge is 2.43. The number of nitro benzene ring substituents is 1. The summed E-state index contributed by atoms with van der Waals surface area (Å²) in [5, 5.41) is 14.1. The number of rotatable bonds is 14. The van der Waals surface area contributed by atoms with Gasteiger partial charge in [-0.05, 0) is 32.3 Å². The van der Waals surface area contributed by atoms with E-state index >= 15 is 0 Å². The number of methoxy groups -OCH3 is 1. The zero-order valence-corrected chi connectivity index (χ0v) is 22.8. The van der Waals surface area contributed by atoms with Crippen LogP contribution >= 0.6 is 11.8 Å². The van der Waals surface area contributed by atoms with Crippen molar-refractivity contribution in [2.24, 2.45) is 10.9 Å². The number of carbonyl (C=O) groups is 4. The van der Waals surface area contributed by atoms with Gasteiger partial charge in [-0.15, -0.1) is 11.8 Å². The summed E-state index contributed by atoms with van der Waals surface area (Å²) in [6.45, 7) is 5.31. The van der Waals surface area contributed by atoms with E-state index in [0.29, 0.717) is 42.8 Å². The zero-order valence-electron chi connectivity index (χ0n) is 22.0. The minimum absolute atomic E-state index is 0.0234. The van der Waals surface area contributed by atoms with Crippen molar-refractivity contribution in [2.75, 3.05) is 31.8 Å². The number of hydrogen-bond donors (Lipinski definition) is 1. The summed E-state index contributed by atoms with van der Waals surface area (Å²) in [4.78, 5) is 64.7. The van der Waals surface area contributed by atoms with E-state index in [2.05, 4.69) is 10.3 Å². The number of aliphatic imine (C=N–C) groups is 1. The minimum Gasteiger partial charge on any atom is -0.468 e. The highest BCUT2D eigenvalue weighted by Crippen LogP contribution is 2.41. The second-order valence-electron chi connectivity index (χ2n) is 8.64. The Morgan fingerprint density at radius 3 is 2.58 bits per heavy atom. The van der Waals surface area contributed by atoms with E-state index in [1.165, 1.54) is 44.0 Å². The maximum absolute atomic E-state index is 13.2. The highest BCUT2D eigenvalue weighted by molar-refractivity contribution is 8.00. The van der Waals surface area contributed by atoms with Crippen molar-refractivity contribution >= 4 is 46.8 Å². The number of non-ortho nitro benzene ring substituents is 1. The second-order valence-corrected chi connectivity index (χ2v) is 9.62. The van der Waals surface area contributed by atoms with Gasteiger partial charge in [-0.3, -0.25) is 29.5 Å². The first-order chi connectivity index (χ1) is 18.1. The predicted octanol–water partition coefficient (Wildman–Crippen LogP) is 3.37. The molecule has 0 saturated carbocycles. The molecule has 38 heavy (non-hydrogen) atoms. The summed E-state index contributed by atoms with van der Waals surface area (Å²) >= 11 is 1.28. The lowest BCUT2D eigenvalue weighted by molar-refractivity contribution is -0.384. The number of ether oxygens (including phenoxy) is 2. The van der Waals surface area contributed by atoms with Crippen LogP contribution in [0.4, 0.5) is 5.69 Å². The van der Waals surface area contributed by atoms with Crippen molar-refractivity contribution in [3.8, 4) is 0 Å². The monoisotopic (exact) mass is 547 g/mol. The lowest BCUT2D eigenvalue weighted by Gasteiger charge is -2.31. The van der Waals surface area contributed by atoms with Gasteiger partial charge < -0.3 is 14.8 Å². The van der Waals surface area contributed by atoms with Crippen molar-refractivity contribution in [1.82, 2.24) is 5.32 Å². The average Bonchev–Trinajstić information content (AvgIpc) is 2.87. The van der Waals surface area contributed by atoms with Crippen LogP contribution in [0.2, 0.25) is 0 Å². The number of ketones is 1. The molecule has 0 spiro atoms. The van der Waals surface area contributed by atoms with Crippen LogP contribution in [0.15, 0.2) is 40.5 Å². The molecule has 0 bridgehead atoms. The number of nitrogens with one attached hydrogen (secondary N) is 1. The molecular weight excluding hydrogens is 514 g/mol. The Hall–Kier alpha value is -3.54. The van der Waals surface area contributed by atoms with Crippen LogP contribution in [0.1, 0.15) is 51.5 Å². The fraction of sp³-hybridized carbons (Fsp3) is 0.500. The minimum atomic E-state index is -0.986. The number of esters is 2. The van der Waals surface area contributed by atoms with E-state index in [1.807, 2.05) is 0 Å². The average molecular weight is 548 g/mol. The molecule has 1 aliphatic rings. The van der Waals surface area contributed by atoms with Crippen molar-refractivity contribution in [3.05, 3.63) is 51.2 Å². The predicted molar refractivity (Wildman–Crippen MR) is 143 cm³/mol. The molecule has 1 N–H and O–H groups in total. The zero-order chi connectivity index (χ0) is 28.2. The molecule has 1 aromatic rings. The maximum Gasteiger partial charge on any atom is 0.336 e. The van der Waals surface area contributed by atoms with Crippen LogP contribution in [0.3, 0.4) is 0 Å². The summed E-state index contributed by atoms with van der Waals surface area (Å²) in [5.41, 5.74) is 1.05. The first-order valence-corrected chi connectivity index (χ1v) is 13.4. The smallest absolute Gasteiger partial charge is 0.336 e. The fourth-order valence-corrected chi connectivity index (χ4v) is 5.05. The number of Topliss-reactive ketones (excluding diaryl/α,β-unsaturated/α-hetero) is 1. The fourth-order valence-electron chi connectivity index (χ4n) is 4.16. The molecule has 1 amide bonds. The van der Waals surface area contributed by atoms with E-state index in [1.54, 1.807) is 19.9 Å². The van der Waals surface area contributed by atoms with E-state index in [-0.39, 0.29) is 41.1 Å². The summed E-state index contributed by atoms with van der Waals surface area (Å²) < 4.78 is 10.3. The maximum atomic E-state index is 13.2. The quantitative estimate of drug-likeness (QED) is 0.160. The lowest BCUT2D eigenvalue weighted by Crippen LogP contribution is -2.36.